The molecule has 0 aromatic heterocycles. The van der Waals surface area contributed by atoms with Gasteiger partial charge >= 0.3 is 39.5 Å². The van der Waals surface area contributed by atoms with E-state index in [-0.39, 0.29) is 25.7 Å². The van der Waals surface area contributed by atoms with Crippen molar-refractivity contribution >= 4 is 39.5 Å². The van der Waals surface area contributed by atoms with Gasteiger partial charge in [0.05, 0.1) is 26.4 Å². The number of aliphatic hydroxyl groups is 1. The third kappa shape index (κ3) is 64.1. The number of carbonyl (C=O) groups is 4. The number of carbonyl (C=O) groups excluding carboxylic acids is 4. The number of aliphatic hydroxyl groups excluding tert-OH is 1. The molecule has 0 aliphatic heterocycles. The van der Waals surface area contributed by atoms with Crippen LogP contribution in [-0.4, -0.2) is 96.7 Å². The van der Waals surface area contributed by atoms with Crippen LogP contribution in [0.2, 0.25) is 0 Å². The molecule has 0 saturated carbocycles. The highest BCUT2D eigenvalue weighted by Gasteiger charge is 2.30. The lowest BCUT2D eigenvalue weighted by atomic mass is 9.99. The lowest BCUT2D eigenvalue weighted by molar-refractivity contribution is -0.161. The normalized spacial score (nSPS) is 14.8. The quantitative estimate of drug-likeness (QED) is 0.0222. The maximum Gasteiger partial charge on any atom is 0.472 e. The highest BCUT2D eigenvalue weighted by Crippen LogP contribution is 2.45. The lowest BCUT2D eigenvalue weighted by Gasteiger charge is -2.21. The Morgan fingerprint density at radius 3 is 0.772 bits per heavy atom. The molecule has 0 aliphatic rings. The Balaban J connectivity index is 5.13. The average Bonchev–Trinajstić information content (AvgIpc) is 1.64. The zero-order chi connectivity index (χ0) is 68.2. The van der Waals surface area contributed by atoms with E-state index in [1.807, 2.05) is 0 Å². The van der Waals surface area contributed by atoms with Gasteiger partial charge in [0.15, 0.2) is 12.2 Å². The molecule has 0 heterocycles. The number of rotatable bonds is 70. The molecule has 7 atom stereocenters. The minimum Gasteiger partial charge on any atom is -0.462 e. The molecule has 0 rings (SSSR count). The van der Waals surface area contributed by atoms with Gasteiger partial charge in [0.25, 0.3) is 0 Å². The first-order chi connectivity index (χ1) is 44.2. The van der Waals surface area contributed by atoms with E-state index in [1.165, 1.54) is 161 Å². The molecular formula is C73H142O17P2. The Kier molecular flexibility index (Phi) is 61.3. The molecule has 0 bridgehead atoms. The fourth-order valence-electron chi connectivity index (χ4n) is 11.0. The van der Waals surface area contributed by atoms with Crippen LogP contribution in [-0.2, 0) is 65.4 Å². The van der Waals surface area contributed by atoms with Gasteiger partial charge in [0, 0.05) is 25.7 Å². The standard InChI is InChI=1S/C73H142O17P2/c1-9-65(7)51-43-35-26-23-24-28-39-47-55-72(77)89-68(60-84-71(76)54-46-38-32-30-36-44-52-66(8)10-2)61-87-91(79,80)85-57-67(74)58-86-92(81,82)88-62-69(90-73(78)56-48-40-31-29-34-42-50-64(5)6)59-83-70(75)53-45-37-27-22-20-18-16-14-12-11-13-15-17-19-21-25-33-41-49-63(3)4/h63-69,74H,9-62H2,1-8H3,(H,79,80)(H,81,82)/t65?,66?,67-,68+,69+/m0/s1. The van der Waals surface area contributed by atoms with E-state index in [4.69, 9.17) is 37.0 Å². The molecule has 92 heavy (non-hydrogen) atoms. The molecule has 0 aliphatic carbocycles. The summed E-state index contributed by atoms with van der Waals surface area (Å²) in [5.74, 6) is 0.860. The van der Waals surface area contributed by atoms with Crippen molar-refractivity contribution in [1.82, 2.24) is 0 Å². The van der Waals surface area contributed by atoms with Gasteiger partial charge in [-0.1, -0.05) is 312 Å². The number of phosphoric acid groups is 2. The van der Waals surface area contributed by atoms with Crippen LogP contribution in [0.25, 0.3) is 0 Å². The van der Waals surface area contributed by atoms with Crippen LogP contribution in [0, 0.1) is 23.7 Å². The summed E-state index contributed by atoms with van der Waals surface area (Å²) in [7, 11) is -9.90. The summed E-state index contributed by atoms with van der Waals surface area (Å²) in [5.41, 5.74) is 0. The summed E-state index contributed by atoms with van der Waals surface area (Å²) in [5, 5.41) is 10.6. The first kappa shape index (κ1) is 90.1. The highest BCUT2D eigenvalue weighted by molar-refractivity contribution is 7.47. The molecule has 3 N–H and O–H groups in total. The Labute approximate surface area is 562 Å². The zero-order valence-corrected chi connectivity index (χ0v) is 62.0. The van der Waals surface area contributed by atoms with Crippen LogP contribution in [0.5, 0.6) is 0 Å². The fraction of sp³-hybridized carbons (Fsp3) is 0.945. The van der Waals surface area contributed by atoms with E-state index in [0.717, 1.165) is 114 Å². The average molecular weight is 1350 g/mol. The maximum absolute atomic E-state index is 13.0. The van der Waals surface area contributed by atoms with Crippen LogP contribution < -0.4 is 0 Å². The van der Waals surface area contributed by atoms with Gasteiger partial charge in [-0.05, 0) is 49.4 Å². The van der Waals surface area contributed by atoms with Crippen LogP contribution in [0.1, 0.15) is 364 Å². The number of phosphoric ester groups is 2. The topological polar surface area (TPSA) is 237 Å². The highest BCUT2D eigenvalue weighted by atomic mass is 31.2. The van der Waals surface area contributed by atoms with Crippen LogP contribution in [0.15, 0.2) is 0 Å². The third-order valence-electron chi connectivity index (χ3n) is 17.5. The molecule has 0 saturated heterocycles. The van der Waals surface area contributed by atoms with Crippen LogP contribution >= 0.6 is 15.6 Å². The van der Waals surface area contributed by atoms with E-state index in [9.17, 15) is 43.2 Å². The van der Waals surface area contributed by atoms with Crippen LogP contribution in [0.4, 0.5) is 0 Å². The SMILES string of the molecule is CCC(C)CCCCCCCCCCC(=O)O[C@H](COC(=O)CCCCCCCCC(C)CC)COP(=O)(O)OC[C@H](O)COP(=O)(O)OC[C@@H](COC(=O)CCCCCCCCCCCCCCCCCCCCC(C)C)OC(=O)CCCCCCCCC(C)C. The van der Waals surface area contributed by atoms with Crippen molar-refractivity contribution in [3.8, 4) is 0 Å². The molecule has 0 amide bonds. The summed E-state index contributed by atoms with van der Waals surface area (Å²) in [6.45, 7) is 14.1. The fourth-order valence-corrected chi connectivity index (χ4v) is 12.5. The molecule has 0 spiro atoms. The van der Waals surface area contributed by atoms with Crippen molar-refractivity contribution in [3.05, 3.63) is 0 Å². The van der Waals surface area contributed by atoms with E-state index in [2.05, 4.69) is 55.4 Å². The first-order valence-electron chi connectivity index (χ1n) is 37.8. The smallest absolute Gasteiger partial charge is 0.462 e. The van der Waals surface area contributed by atoms with Gasteiger partial charge in [-0.15, -0.1) is 0 Å². The third-order valence-corrected chi connectivity index (χ3v) is 19.4. The second-order valence-corrected chi connectivity index (χ2v) is 30.7. The summed E-state index contributed by atoms with van der Waals surface area (Å²) in [6.07, 6.45) is 46.2. The maximum atomic E-state index is 13.0. The minimum atomic E-state index is -4.95. The molecule has 19 heteroatoms. The van der Waals surface area contributed by atoms with Gasteiger partial charge in [-0.3, -0.25) is 37.3 Å². The van der Waals surface area contributed by atoms with Gasteiger partial charge in [0.1, 0.15) is 19.3 Å². The summed E-state index contributed by atoms with van der Waals surface area (Å²) in [4.78, 5) is 72.5. The van der Waals surface area contributed by atoms with Crippen molar-refractivity contribution in [2.75, 3.05) is 39.6 Å². The molecule has 0 aromatic rings. The molecule has 17 nitrogen and oxygen atoms in total. The Morgan fingerprint density at radius 1 is 0.304 bits per heavy atom. The van der Waals surface area contributed by atoms with Crippen molar-refractivity contribution in [3.63, 3.8) is 0 Å². The predicted octanol–water partition coefficient (Wildman–Crippen LogP) is 20.9. The zero-order valence-electron chi connectivity index (χ0n) is 60.2. The van der Waals surface area contributed by atoms with E-state index in [1.54, 1.807) is 0 Å². The second kappa shape index (κ2) is 62.6. The number of hydrogen-bond donors (Lipinski definition) is 3. The number of ether oxygens (including phenoxy) is 4. The van der Waals surface area contributed by atoms with Gasteiger partial charge < -0.3 is 33.8 Å². The minimum absolute atomic E-state index is 0.102. The largest absolute Gasteiger partial charge is 0.472 e. The van der Waals surface area contributed by atoms with Gasteiger partial charge in [-0.2, -0.15) is 0 Å². The molecule has 0 fully saturated rings. The molecular weight excluding hydrogens is 1210 g/mol. The monoisotopic (exact) mass is 1350 g/mol. The summed E-state index contributed by atoms with van der Waals surface area (Å²) in [6, 6.07) is 0. The number of esters is 4. The Hall–Kier alpha value is -1.94. The van der Waals surface area contributed by atoms with Crippen LogP contribution in [0.3, 0.4) is 0 Å². The molecule has 0 aromatic carbocycles. The van der Waals surface area contributed by atoms with E-state index < -0.39 is 97.5 Å². The molecule has 4 unspecified atom stereocenters. The van der Waals surface area contributed by atoms with E-state index >= 15 is 0 Å². The molecule has 546 valence electrons. The second-order valence-electron chi connectivity index (χ2n) is 27.8. The lowest BCUT2D eigenvalue weighted by Crippen LogP contribution is -2.30. The summed E-state index contributed by atoms with van der Waals surface area (Å²) >= 11 is 0. The summed E-state index contributed by atoms with van der Waals surface area (Å²) < 4.78 is 68.3. The van der Waals surface area contributed by atoms with Gasteiger partial charge in [0.2, 0.25) is 0 Å². The van der Waals surface area contributed by atoms with Crippen molar-refractivity contribution in [1.29, 1.82) is 0 Å². The van der Waals surface area contributed by atoms with Crippen molar-refractivity contribution in [2.45, 2.75) is 382 Å². The van der Waals surface area contributed by atoms with Gasteiger partial charge in [-0.25, -0.2) is 9.13 Å². The van der Waals surface area contributed by atoms with E-state index in [0.29, 0.717) is 31.6 Å². The predicted molar refractivity (Wildman–Crippen MR) is 372 cm³/mol. The molecule has 0 radical (unpaired) electrons. The number of unbranched alkanes of at least 4 members (excludes halogenated alkanes) is 34. The first-order valence-corrected chi connectivity index (χ1v) is 40.8. The number of hydrogen-bond acceptors (Lipinski definition) is 15. The van der Waals surface area contributed by atoms with Crippen molar-refractivity contribution in [2.24, 2.45) is 23.7 Å². The Morgan fingerprint density at radius 2 is 0.522 bits per heavy atom. The Bertz CT molecular complexity index is 1820. The van der Waals surface area contributed by atoms with Crippen molar-refractivity contribution < 1.29 is 80.2 Å².